The average molecular weight is 266 g/mol. The van der Waals surface area contributed by atoms with E-state index in [9.17, 15) is 17.6 Å². The van der Waals surface area contributed by atoms with Crippen LogP contribution in [0, 0.1) is 5.92 Å². The van der Waals surface area contributed by atoms with E-state index in [0.29, 0.717) is 12.8 Å². The summed E-state index contributed by atoms with van der Waals surface area (Å²) < 4.78 is 37.6. The maximum atomic E-state index is 11.9. The maximum Gasteiger partial charge on any atom is 0.222 e. The third-order valence-electron chi connectivity index (χ3n) is 3.01. The highest BCUT2D eigenvalue weighted by Crippen LogP contribution is 2.24. The van der Waals surface area contributed by atoms with E-state index in [0.717, 1.165) is 12.8 Å². The normalized spacial score (nSPS) is 25.7. The van der Waals surface area contributed by atoms with Gasteiger partial charge in [-0.2, -0.15) is 0 Å². The lowest BCUT2D eigenvalue weighted by molar-refractivity contribution is -0.123. The first kappa shape index (κ1) is 14.4. The van der Waals surface area contributed by atoms with Gasteiger partial charge in [-0.05, 0) is 19.3 Å². The van der Waals surface area contributed by atoms with E-state index in [4.69, 9.17) is 5.73 Å². The van der Waals surface area contributed by atoms with Crippen molar-refractivity contribution in [2.45, 2.75) is 38.1 Å². The van der Waals surface area contributed by atoms with Gasteiger partial charge >= 0.3 is 0 Å². The largest absolute Gasteiger partial charge is 0.369 e. The molecule has 1 saturated carbocycles. The molecule has 0 heterocycles. The molecular formula is C10H19FN2O3S. The van der Waals surface area contributed by atoms with Gasteiger partial charge in [0.1, 0.15) is 0 Å². The van der Waals surface area contributed by atoms with E-state index < -0.39 is 34.6 Å². The van der Waals surface area contributed by atoms with E-state index in [1.54, 1.807) is 0 Å². The second-order valence-electron chi connectivity index (χ2n) is 4.38. The fraction of sp³-hybridized carbons (Fsp3) is 0.900. The Hall–Kier alpha value is -0.690. The molecule has 1 rings (SSSR count). The van der Waals surface area contributed by atoms with Crippen LogP contribution in [0.5, 0.6) is 0 Å². The summed E-state index contributed by atoms with van der Waals surface area (Å²) in [6.07, 6.45) is 2.97. The van der Waals surface area contributed by atoms with Crippen LogP contribution in [0.4, 0.5) is 4.39 Å². The second-order valence-corrected chi connectivity index (χ2v) is 6.25. The predicted molar refractivity (Wildman–Crippen MR) is 62.5 cm³/mol. The van der Waals surface area contributed by atoms with Crippen LogP contribution in [0.3, 0.4) is 0 Å². The minimum absolute atomic E-state index is 0.0245. The van der Waals surface area contributed by atoms with Gasteiger partial charge in [0.2, 0.25) is 15.9 Å². The van der Waals surface area contributed by atoms with Crippen molar-refractivity contribution in [1.82, 2.24) is 4.72 Å². The first-order chi connectivity index (χ1) is 7.96. The Kier molecular flexibility index (Phi) is 5.32. The molecule has 5 nitrogen and oxygen atoms in total. The fourth-order valence-electron chi connectivity index (χ4n) is 2.15. The number of carbonyl (C=O) groups excluding carboxylic acids is 1. The molecule has 1 fully saturated rings. The monoisotopic (exact) mass is 266 g/mol. The summed E-state index contributed by atoms with van der Waals surface area (Å²) in [6.45, 7) is -0.662. The highest BCUT2D eigenvalue weighted by molar-refractivity contribution is 7.89. The zero-order chi connectivity index (χ0) is 12.9. The van der Waals surface area contributed by atoms with Crippen LogP contribution in [0.25, 0.3) is 0 Å². The summed E-state index contributed by atoms with van der Waals surface area (Å²) in [4.78, 5) is 11.2. The molecule has 7 heteroatoms. The minimum Gasteiger partial charge on any atom is -0.369 e. The van der Waals surface area contributed by atoms with E-state index >= 15 is 0 Å². The van der Waals surface area contributed by atoms with Gasteiger partial charge in [0, 0.05) is 6.04 Å². The zero-order valence-corrected chi connectivity index (χ0v) is 10.5. The number of nitrogens with one attached hydrogen (secondary N) is 1. The third kappa shape index (κ3) is 4.59. The summed E-state index contributed by atoms with van der Waals surface area (Å²) in [5.41, 5.74) is 5.24. The summed E-state index contributed by atoms with van der Waals surface area (Å²) in [5.74, 6) is -1.15. The van der Waals surface area contributed by atoms with Crippen LogP contribution in [0.1, 0.15) is 32.1 Å². The Balaban J connectivity index is 2.61. The quantitative estimate of drug-likeness (QED) is 0.725. The number of amides is 1. The molecule has 17 heavy (non-hydrogen) atoms. The molecule has 3 N–H and O–H groups in total. The fourth-order valence-corrected chi connectivity index (χ4v) is 3.50. The topological polar surface area (TPSA) is 89.3 Å². The van der Waals surface area contributed by atoms with Gasteiger partial charge in [0.25, 0.3) is 0 Å². The van der Waals surface area contributed by atoms with E-state index in [1.807, 2.05) is 0 Å². The van der Waals surface area contributed by atoms with Crippen molar-refractivity contribution < 1.29 is 17.6 Å². The summed E-state index contributed by atoms with van der Waals surface area (Å²) in [7, 11) is -3.51. The van der Waals surface area contributed by atoms with Crippen LogP contribution in [0.2, 0.25) is 0 Å². The van der Waals surface area contributed by atoms with Gasteiger partial charge in [0.05, 0.1) is 18.3 Å². The Morgan fingerprint density at radius 1 is 1.35 bits per heavy atom. The van der Waals surface area contributed by atoms with Crippen LogP contribution < -0.4 is 10.5 Å². The number of alkyl halides is 1. The van der Waals surface area contributed by atoms with Crippen molar-refractivity contribution in [3.8, 4) is 0 Å². The molecule has 0 aromatic rings. The number of hydrogen-bond acceptors (Lipinski definition) is 3. The SMILES string of the molecule is NC(=O)C1CCCCC1NS(=O)(=O)CCCF. The van der Waals surface area contributed by atoms with Gasteiger partial charge in [-0.15, -0.1) is 0 Å². The first-order valence-corrected chi connectivity index (χ1v) is 7.47. The first-order valence-electron chi connectivity index (χ1n) is 5.81. The van der Waals surface area contributed by atoms with Crippen LogP contribution in [-0.4, -0.2) is 32.8 Å². The molecule has 0 aliphatic heterocycles. The summed E-state index contributed by atoms with van der Waals surface area (Å²) in [6, 6.07) is -0.425. The molecule has 2 atom stereocenters. The van der Waals surface area contributed by atoms with E-state index in [-0.39, 0.29) is 12.2 Å². The van der Waals surface area contributed by atoms with Crippen molar-refractivity contribution in [2.24, 2.45) is 11.7 Å². The molecule has 0 saturated heterocycles. The lowest BCUT2D eigenvalue weighted by Crippen LogP contribution is -2.47. The summed E-state index contributed by atoms with van der Waals surface area (Å²) >= 11 is 0. The van der Waals surface area contributed by atoms with Gasteiger partial charge in [0.15, 0.2) is 0 Å². The Labute approximate surface area is 101 Å². The molecule has 0 spiro atoms. The van der Waals surface area contributed by atoms with Gasteiger partial charge in [-0.3, -0.25) is 9.18 Å². The molecule has 1 aliphatic carbocycles. The van der Waals surface area contributed by atoms with Gasteiger partial charge < -0.3 is 5.73 Å². The molecule has 0 aromatic heterocycles. The van der Waals surface area contributed by atoms with Crippen LogP contribution >= 0.6 is 0 Å². The maximum absolute atomic E-state index is 11.9. The standard InChI is InChI=1S/C10H19FN2O3S/c11-6-3-7-17(15,16)13-9-5-2-1-4-8(9)10(12)14/h8-9,13H,1-7H2,(H2,12,14). The predicted octanol–water partition coefficient (Wildman–Crippen LogP) is 0.309. The van der Waals surface area contributed by atoms with Crippen molar-refractivity contribution in [3.05, 3.63) is 0 Å². The van der Waals surface area contributed by atoms with Crippen molar-refractivity contribution >= 4 is 15.9 Å². The Morgan fingerprint density at radius 2 is 2.00 bits per heavy atom. The second kappa shape index (κ2) is 6.30. The van der Waals surface area contributed by atoms with E-state index in [1.165, 1.54) is 0 Å². The molecule has 1 amide bonds. The molecule has 100 valence electrons. The highest BCUT2D eigenvalue weighted by atomic mass is 32.2. The lowest BCUT2D eigenvalue weighted by Gasteiger charge is -2.29. The smallest absolute Gasteiger partial charge is 0.222 e. The number of rotatable bonds is 6. The number of hydrogen-bond donors (Lipinski definition) is 2. The number of primary amides is 1. The van der Waals surface area contributed by atoms with E-state index in [2.05, 4.69) is 4.72 Å². The number of carbonyl (C=O) groups is 1. The molecule has 0 bridgehead atoms. The number of sulfonamides is 1. The van der Waals surface area contributed by atoms with Gasteiger partial charge in [-0.25, -0.2) is 13.1 Å². The summed E-state index contributed by atoms with van der Waals surface area (Å²) in [5, 5.41) is 0. The number of halogens is 1. The highest BCUT2D eigenvalue weighted by Gasteiger charge is 2.31. The third-order valence-corrected chi connectivity index (χ3v) is 4.50. The zero-order valence-electron chi connectivity index (χ0n) is 9.69. The van der Waals surface area contributed by atoms with Crippen molar-refractivity contribution in [3.63, 3.8) is 0 Å². The molecule has 1 aliphatic rings. The Bertz CT molecular complexity index is 359. The van der Waals surface area contributed by atoms with Crippen LogP contribution in [-0.2, 0) is 14.8 Å². The molecular weight excluding hydrogens is 247 g/mol. The Morgan fingerprint density at radius 3 is 2.59 bits per heavy atom. The van der Waals surface area contributed by atoms with Gasteiger partial charge in [-0.1, -0.05) is 12.8 Å². The lowest BCUT2D eigenvalue weighted by atomic mass is 9.85. The molecule has 0 aromatic carbocycles. The molecule has 2 unspecified atom stereocenters. The van der Waals surface area contributed by atoms with Crippen LogP contribution in [0.15, 0.2) is 0 Å². The average Bonchev–Trinajstić information content (AvgIpc) is 2.26. The number of nitrogens with two attached hydrogens (primary N) is 1. The minimum atomic E-state index is -3.51. The molecule has 0 radical (unpaired) electrons. The van der Waals surface area contributed by atoms with Crippen molar-refractivity contribution in [1.29, 1.82) is 0 Å². The van der Waals surface area contributed by atoms with Crippen molar-refractivity contribution in [2.75, 3.05) is 12.4 Å².